The van der Waals surface area contributed by atoms with Crippen molar-refractivity contribution in [1.29, 1.82) is 0 Å². The van der Waals surface area contributed by atoms with E-state index in [4.69, 9.17) is 18.9 Å². The molecule has 0 saturated carbocycles. The molecule has 0 aliphatic carbocycles. The number of para-hydroxylation sites is 1. The zero-order chi connectivity index (χ0) is 25.7. The van der Waals surface area contributed by atoms with Crippen LogP contribution in [-0.2, 0) is 4.74 Å². The molecule has 0 amide bonds. The maximum atomic E-state index is 12.3. The van der Waals surface area contributed by atoms with Gasteiger partial charge >= 0.3 is 5.97 Å². The van der Waals surface area contributed by atoms with Crippen molar-refractivity contribution in [1.82, 2.24) is 24.7 Å². The van der Waals surface area contributed by atoms with Crippen molar-refractivity contribution in [3.8, 4) is 23.0 Å². The Morgan fingerprint density at radius 3 is 2.55 bits per heavy atom. The standard InChI is InChI=1S/C27H23N7O4/c35-24(23-10-5-15-37-23)38-21-9-4-6-19(18-21)22-11-12-34(32-22)27-30-25(28-20-7-2-1-3-8-20)29-26(31-27)33-13-16-36-17-14-33/h1-12,15,18H,13-14,16-17H2,(H,28,29,30,31). The molecule has 38 heavy (non-hydrogen) atoms. The van der Waals surface area contributed by atoms with Crippen molar-refractivity contribution >= 4 is 23.6 Å². The van der Waals surface area contributed by atoms with Gasteiger partial charge in [-0.2, -0.15) is 20.1 Å². The fraction of sp³-hybridized carbons (Fsp3) is 0.148. The average Bonchev–Trinajstić information content (AvgIpc) is 3.68. The van der Waals surface area contributed by atoms with Crippen molar-refractivity contribution in [3.05, 3.63) is 91.0 Å². The van der Waals surface area contributed by atoms with E-state index in [2.05, 4.69) is 25.3 Å². The Labute approximate surface area is 217 Å². The number of rotatable bonds is 7. The van der Waals surface area contributed by atoms with E-state index in [1.54, 1.807) is 41.2 Å². The van der Waals surface area contributed by atoms with Crippen LogP contribution in [0.5, 0.6) is 5.75 Å². The van der Waals surface area contributed by atoms with E-state index in [9.17, 15) is 4.79 Å². The Kier molecular flexibility index (Phi) is 6.48. The number of hydrogen-bond donors (Lipinski definition) is 1. The summed E-state index contributed by atoms with van der Waals surface area (Å²) in [5.41, 5.74) is 2.28. The number of carbonyl (C=O) groups excluding carboxylic acids is 1. The van der Waals surface area contributed by atoms with Gasteiger partial charge in [-0.15, -0.1) is 0 Å². The Hall–Kier alpha value is -5.03. The van der Waals surface area contributed by atoms with Gasteiger partial charge in [-0.1, -0.05) is 30.3 Å². The summed E-state index contributed by atoms with van der Waals surface area (Å²) >= 11 is 0. The topological polar surface area (TPSA) is 120 Å². The summed E-state index contributed by atoms with van der Waals surface area (Å²) in [6.45, 7) is 2.58. The smallest absolute Gasteiger partial charge is 0.379 e. The molecule has 190 valence electrons. The summed E-state index contributed by atoms with van der Waals surface area (Å²) in [5.74, 6) is 1.25. The molecule has 1 saturated heterocycles. The number of ether oxygens (including phenoxy) is 2. The second-order valence-corrected chi connectivity index (χ2v) is 8.39. The van der Waals surface area contributed by atoms with Crippen LogP contribution in [-0.4, -0.2) is 57.0 Å². The first kappa shape index (κ1) is 23.4. The summed E-state index contributed by atoms with van der Waals surface area (Å²) in [6.07, 6.45) is 3.20. The van der Waals surface area contributed by atoms with Gasteiger partial charge in [-0.25, -0.2) is 9.48 Å². The molecule has 11 heteroatoms. The first-order valence-corrected chi connectivity index (χ1v) is 12.0. The van der Waals surface area contributed by atoms with Crippen LogP contribution < -0.4 is 15.0 Å². The molecule has 3 aromatic heterocycles. The molecule has 1 aliphatic rings. The molecule has 0 radical (unpaired) electrons. The van der Waals surface area contributed by atoms with Gasteiger partial charge in [0, 0.05) is 30.5 Å². The van der Waals surface area contributed by atoms with E-state index >= 15 is 0 Å². The summed E-state index contributed by atoms with van der Waals surface area (Å²) in [7, 11) is 0. The number of benzene rings is 2. The van der Waals surface area contributed by atoms with Crippen molar-refractivity contribution in [2.24, 2.45) is 0 Å². The second-order valence-electron chi connectivity index (χ2n) is 8.39. The van der Waals surface area contributed by atoms with Crippen LogP contribution in [0.1, 0.15) is 10.6 Å². The molecular formula is C27H23N7O4. The van der Waals surface area contributed by atoms with Crippen LogP contribution in [0.2, 0.25) is 0 Å². The highest BCUT2D eigenvalue weighted by Crippen LogP contribution is 2.24. The second kappa shape index (κ2) is 10.5. The number of furan rings is 1. The van der Waals surface area contributed by atoms with E-state index in [1.807, 2.05) is 42.5 Å². The SMILES string of the molecule is O=C(Oc1cccc(-c2ccn(-c3nc(Nc4ccccc4)nc(N4CCOCC4)n3)n2)c1)c1ccco1. The molecule has 0 unspecified atom stereocenters. The summed E-state index contributed by atoms with van der Waals surface area (Å²) < 4.78 is 17.6. The minimum atomic E-state index is -0.572. The van der Waals surface area contributed by atoms with Gasteiger partial charge in [0.1, 0.15) is 5.75 Å². The number of aromatic nitrogens is 5. The van der Waals surface area contributed by atoms with Crippen LogP contribution in [0, 0.1) is 0 Å². The molecule has 1 fully saturated rings. The third kappa shape index (κ3) is 5.22. The van der Waals surface area contributed by atoms with E-state index in [0.717, 1.165) is 11.3 Å². The summed E-state index contributed by atoms with van der Waals surface area (Å²) in [5, 5.41) is 7.94. The first-order valence-electron chi connectivity index (χ1n) is 12.0. The maximum Gasteiger partial charge on any atom is 0.379 e. The minimum absolute atomic E-state index is 0.130. The molecule has 1 aliphatic heterocycles. The fourth-order valence-corrected chi connectivity index (χ4v) is 3.93. The van der Waals surface area contributed by atoms with Crippen LogP contribution in [0.25, 0.3) is 17.2 Å². The monoisotopic (exact) mass is 509 g/mol. The van der Waals surface area contributed by atoms with Gasteiger partial charge in [0.2, 0.25) is 17.7 Å². The number of esters is 1. The Balaban J connectivity index is 1.29. The molecule has 0 atom stereocenters. The molecule has 1 N–H and O–H groups in total. The molecule has 2 aromatic carbocycles. The lowest BCUT2D eigenvalue weighted by molar-refractivity contribution is 0.0701. The van der Waals surface area contributed by atoms with Gasteiger partial charge in [0.05, 0.1) is 25.2 Å². The molecule has 4 heterocycles. The lowest BCUT2D eigenvalue weighted by atomic mass is 10.1. The number of nitrogens with one attached hydrogen (secondary N) is 1. The van der Waals surface area contributed by atoms with Gasteiger partial charge < -0.3 is 24.1 Å². The zero-order valence-corrected chi connectivity index (χ0v) is 20.2. The van der Waals surface area contributed by atoms with Crippen molar-refractivity contribution < 1.29 is 18.7 Å². The van der Waals surface area contributed by atoms with Crippen molar-refractivity contribution in [2.45, 2.75) is 0 Å². The van der Waals surface area contributed by atoms with Crippen molar-refractivity contribution in [2.75, 3.05) is 36.5 Å². The van der Waals surface area contributed by atoms with E-state index in [-0.39, 0.29) is 5.76 Å². The molecule has 6 rings (SSSR count). The largest absolute Gasteiger partial charge is 0.457 e. The molecule has 0 bridgehead atoms. The Morgan fingerprint density at radius 2 is 1.74 bits per heavy atom. The average molecular weight is 510 g/mol. The van der Waals surface area contributed by atoms with E-state index in [1.165, 1.54) is 6.26 Å². The third-order valence-corrected chi connectivity index (χ3v) is 5.79. The lowest BCUT2D eigenvalue weighted by Crippen LogP contribution is -2.37. The van der Waals surface area contributed by atoms with Crippen LogP contribution in [0.15, 0.2) is 89.7 Å². The number of nitrogens with zero attached hydrogens (tertiary/aromatic N) is 6. The molecular weight excluding hydrogens is 486 g/mol. The highest BCUT2D eigenvalue weighted by Gasteiger charge is 2.18. The Morgan fingerprint density at radius 1 is 0.895 bits per heavy atom. The van der Waals surface area contributed by atoms with E-state index < -0.39 is 5.97 Å². The minimum Gasteiger partial charge on any atom is -0.457 e. The summed E-state index contributed by atoms with van der Waals surface area (Å²) in [4.78, 5) is 28.3. The zero-order valence-electron chi connectivity index (χ0n) is 20.2. The normalized spacial score (nSPS) is 13.3. The van der Waals surface area contributed by atoms with Gasteiger partial charge in [0.15, 0.2) is 0 Å². The van der Waals surface area contributed by atoms with Crippen molar-refractivity contribution in [3.63, 3.8) is 0 Å². The summed E-state index contributed by atoms with van der Waals surface area (Å²) in [6, 6.07) is 21.8. The highest BCUT2D eigenvalue weighted by atomic mass is 16.5. The molecule has 5 aromatic rings. The Bertz CT molecular complexity index is 1530. The number of hydrogen-bond acceptors (Lipinski definition) is 10. The highest BCUT2D eigenvalue weighted by molar-refractivity contribution is 5.88. The van der Waals surface area contributed by atoms with Crippen LogP contribution in [0.4, 0.5) is 17.6 Å². The van der Waals surface area contributed by atoms with E-state index in [0.29, 0.717) is 55.6 Å². The fourth-order valence-electron chi connectivity index (χ4n) is 3.93. The van der Waals surface area contributed by atoms with Crippen LogP contribution >= 0.6 is 0 Å². The van der Waals surface area contributed by atoms with Gasteiger partial charge in [0.25, 0.3) is 5.95 Å². The number of carbonyl (C=O) groups is 1. The van der Waals surface area contributed by atoms with Crippen LogP contribution in [0.3, 0.4) is 0 Å². The third-order valence-electron chi connectivity index (χ3n) is 5.79. The molecule has 0 spiro atoms. The predicted molar refractivity (Wildman–Crippen MR) is 139 cm³/mol. The first-order chi connectivity index (χ1) is 18.7. The van der Waals surface area contributed by atoms with Gasteiger partial charge in [-0.05, 0) is 42.5 Å². The van der Waals surface area contributed by atoms with Gasteiger partial charge in [-0.3, -0.25) is 0 Å². The maximum absolute atomic E-state index is 12.3. The number of anilines is 3. The number of morpholine rings is 1. The lowest BCUT2D eigenvalue weighted by Gasteiger charge is -2.27. The molecule has 11 nitrogen and oxygen atoms in total. The quantitative estimate of drug-likeness (QED) is 0.253. The predicted octanol–water partition coefficient (Wildman–Crippen LogP) is 4.12.